The van der Waals surface area contributed by atoms with Gasteiger partial charge in [0.15, 0.2) is 0 Å². The van der Waals surface area contributed by atoms with E-state index >= 15 is 0 Å². The molecule has 1 amide bonds. The number of aryl methyl sites for hydroxylation is 1. The third-order valence-corrected chi connectivity index (χ3v) is 2.17. The summed E-state index contributed by atoms with van der Waals surface area (Å²) in [5, 5.41) is 11.6. The maximum absolute atomic E-state index is 11.2. The normalized spacial score (nSPS) is 11.5. The van der Waals surface area contributed by atoms with Crippen LogP contribution in [0.3, 0.4) is 0 Å². The molecule has 0 saturated carbocycles. The second-order valence-corrected chi connectivity index (χ2v) is 3.39. The molecule has 3 nitrogen and oxygen atoms in total. The maximum atomic E-state index is 11.2. The molecule has 0 bridgehead atoms. The van der Waals surface area contributed by atoms with E-state index in [0.29, 0.717) is 6.42 Å². The summed E-state index contributed by atoms with van der Waals surface area (Å²) in [6.45, 7) is 3.74. The van der Waals surface area contributed by atoms with E-state index < -0.39 is 6.04 Å². The third kappa shape index (κ3) is 3.10. The molecule has 78 valence electrons. The Balaban J connectivity index is 2.80. The van der Waals surface area contributed by atoms with E-state index in [1.165, 1.54) is 0 Å². The van der Waals surface area contributed by atoms with E-state index in [2.05, 4.69) is 11.4 Å². The predicted octanol–water partition coefficient (Wildman–Crippen LogP) is 2.09. The van der Waals surface area contributed by atoms with Crippen LogP contribution in [0.1, 0.15) is 30.5 Å². The van der Waals surface area contributed by atoms with E-state index in [4.69, 9.17) is 5.26 Å². The van der Waals surface area contributed by atoms with Gasteiger partial charge in [-0.15, -0.1) is 0 Å². The van der Waals surface area contributed by atoms with Crippen molar-refractivity contribution in [1.29, 1.82) is 5.26 Å². The Morgan fingerprint density at radius 2 is 2.07 bits per heavy atom. The van der Waals surface area contributed by atoms with Crippen molar-refractivity contribution in [2.24, 2.45) is 0 Å². The molecule has 15 heavy (non-hydrogen) atoms. The summed E-state index contributed by atoms with van der Waals surface area (Å²) in [6.07, 6.45) is 0.393. The van der Waals surface area contributed by atoms with Gasteiger partial charge in [0.05, 0.1) is 6.07 Å². The van der Waals surface area contributed by atoms with Gasteiger partial charge in [-0.2, -0.15) is 5.26 Å². The van der Waals surface area contributed by atoms with E-state index in [1.54, 1.807) is 6.92 Å². The van der Waals surface area contributed by atoms with Crippen molar-refractivity contribution in [3.8, 4) is 6.07 Å². The fourth-order valence-corrected chi connectivity index (χ4v) is 1.21. The number of carbonyl (C=O) groups excluding carboxylic acids is 1. The molecular weight excluding hydrogens is 188 g/mol. The Labute approximate surface area is 89.7 Å². The first-order valence-corrected chi connectivity index (χ1v) is 4.93. The summed E-state index contributed by atoms with van der Waals surface area (Å²) in [7, 11) is 0. The Morgan fingerprint density at radius 1 is 1.47 bits per heavy atom. The first-order chi connectivity index (χ1) is 7.17. The molecule has 0 aromatic heterocycles. The second-order valence-electron chi connectivity index (χ2n) is 3.39. The fraction of sp³-hybridized carbons (Fsp3) is 0.333. The van der Waals surface area contributed by atoms with Crippen LogP contribution >= 0.6 is 0 Å². The van der Waals surface area contributed by atoms with E-state index in [-0.39, 0.29) is 5.91 Å². The highest BCUT2D eigenvalue weighted by Crippen LogP contribution is 2.12. The van der Waals surface area contributed by atoms with Crippen LogP contribution in [-0.4, -0.2) is 5.91 Å². The molecule has 3 heteroatoms. The van der Waals surface area contributed by atoms with E-state index in [9.17, 15) is 4.79 Å². The molecule has 1 unspecified atom stereocenters. The minimum atomic E-state index is -0.543. The lowest BCUT2D eigenvalue weighted by Crippen LogP contribution is -2.26. The zero-order valence-corrected chi connectivity index (χ0v) is 8.95. The average molecular weight is 202 g/mol. The van der Waals surface area contributed by atoms with Gasteiger partial charge < -0.3 is 5.32 Å². The number of hydrogen-bond acceptors (Lipinski definition) is 2. The van der Waals surface area contributed by atoms with Crippen molar-refractivity contribution in [3.63, 3.8) is 0 Å². The summed E-state index contributed by atoms with van der Waals surface area (Å²) in [4.78, 5) is 11.2. The van der Waals surface area contributed by atoms with Gasteiger partial charge in [0.2, 0.25) is 5.91 Å². The molecule has 0 aliphatic heterocycles. The van der Waals surface area contributed by atoms with Crippen LogP contribution in [0.4, 0.5) is 0 Å². The Bertz CT molecular complexity index is 376. The molecular formula is C12H14N2O. The number of nitrogens with zero attached hydrogens (tertiary/aromatic N) is 1. The van der Waals surface area contributed by atoms with E-state index in [0.717, 1.165) is 11.1 Å². The monoisotopic (exact) mass is 202 g/mol. The van der Waals surface area contributed by atoms with Gasteiger partial charge >= 0.3 is 0 Å². The Kier molecular flexibility index (Phi) is 3.87. The zero-order valence-electron chi connectivity index (χ0n) is 8.95. The molecule has 0 fully saturated rings. The van der Waals surface area contributed by atoms with Gasteiger partial charge in [-0.1, -0.05) is 36.8 Å². The van der Waals surface area contributed by atoms with Crippen LogP contribution in [0.15, 0.2) is 24.3 Å². The smallest absolute Gasteiger partial charge is 0.221 e. The lowest BCUT2D eigenvalue weighted by atomic mass is 10.1. The third-order valence-electron chi connectivity index (χ3n) is 2.17. The van der Waals surface area contributed by atoms with Crippen molar-refractivity contribution in [1.82, 2.24) is 5.32 Å². The highest BCUT2D eigenvalue weighted by Gasteiger charge is 2.11. The number of nitrogens with one attached hydrogen (secondary N) is 1. The van der Waals surface area contributed by atoms with Crippen molar-refractivity contribution >= 4 is 5.91 Å². The first-order valence-electron chi connectivity index (χ1n) is 4.93. The maximum Gasteiger partial charge on any atom is 0.221 e. The largest absolute Gasteiger partial charge is 0.337 e. The number of carbonyl (C=O) groups is 1. The molecule has 0 radical (unpaired) electrons. The molecule has 1 N–H and O–H groups in total. The molecule has 0 spiro atoms. The lowest BCUT2D eigenvalue weighted by Gasteiger charge is -2.11. The number of benzene rings is 1. The molecule has 0 heterocycles. The van der Waals surface area contributed by atoms with Crippen molar-refractivity contribution in [2.75, 3.05) is 0 Å². The number of amides is 1. The van der Waals surface area contributed by atoms with Crippen LogP contribution in [0.2, 0.25) is 0 Å². The summed E-state index contributed by atoms with van der Waals surface area (Å²) >= 11 is 0. The van der Waals surface area contributed by atoms with Gasteiger partial charge in [-0.25, -0.2) is 0 Å². The number of hydrogen-bond donors (Lipinski definition) is 1. The van der Waals surface area contributed by atoms with Gasteiger partial charge in [0.1, 0.15) is 6.04 Å². The highest BCUT2D eigenvalue weighted by atomic mass is 16.1. The van der Waals surface area contributed by atoms with E-state index in [1.807, 2.05) is 31.2 Å². The Morgan fingerprint density at radius 3 is 2.53 bits per heavy atom. The topological polar surface area (TPSA) is 52.9 Å². The quantitative estimate of drug-likeness (QED) is 0.815. The lowest BCUT2D eigenvalue weighted by molar-refractivity contribution is -0.121. The van der Waals surface area contributed by atoms with Gasteiger partial charge in [0, 0.05) is 6.42 Å². The summed E-state index contributed by atoms with van der Waals surface area (Å²) in [5.74, 6) is -0.109. The first kappa shape index (κ1) is 11.3. The predicted molar refractivity (Wildman–Crippen MR) is 58.0 cm³/mol. The average Bonchev–Trinajstić information content (AvgIpc) is 2.27. The summed E-state index contributed by atoms with van der Waals surface area (Å²) in [5.41, 5.74) is 1.96. The molecule has 0 aliphatic carbocycles. The molecule has 1 atom stereocenters. The summed E-state index contributed by atoms with van der Waals surface area (Å²) in [6, 6.07) is 9.10. The van der Waals surface area contributed by atoms with Gasteiger partial charge in [-0.05, 0) is 12.5 Å². The molecule has 1 aromatic carbocycles. The molecule has 0 saturated heterocycles. The fourth-order valence-electron chi connectivity index (χ4n) is 1.21. The van der Waals surface area contributed by atoms with Crippen LogP contribution in [0, 0.1) is 18.3 Å². The number of nitriles is 1. The highest BCUT2D eigenvalue weighted by molar-refractivity contribution is 5.76. The minimum Gasteiger partial charge on any atom is -0.337 e. The zero-order chi connectivity index (χ0) is 11.3. The standard InChI is InChI=1S/C12H14N2O/c1-3-12(15)14-11(8-13)10-6-4-9(2)5-7-10/h4-7,11H,3H2,1-2H3,(H,14,15). The molecule has 1 aromatic rings. The van der Waals surface area contributed by atoms with Crippen LogP contribution in [-0.2, 0) is 4.79 Å². The molecule has 0 aliphatic rings. The minimum absolute atomic E-state index is 0.109. The summed E-state index contributed by atoms with van der Waals surface area (Å²) < 4.78 is 0. The SMILES string of the molecule is CCC(=O)NC(C#N)c1ccc(C)cc1. The van der Waals surface area contributed by atoms with Crippen molar-refractivity contribution in [3.05, 3.63) is 35.4 Å². The van der Waals surface area contributed by atoms with Crippen molar-refractivity contribution < 1.29 is 4.79 Å². The van der Waals surface area contributed by atoms with Crippen LogP contribution in [0.5, 0.6) is 0 Å². The Hall–Kier alpha value is -1.82. The van der Waals surface area contributed by atoms with Crippen LogP contribution in [0.25, 0.3) is 0 Å². The molecule has 1 rings (SSSR count). The number of rotatable bonds is 3. The van der Waals surface area contributed by atoms with Crippen LogP contribution < -0.4 is 5.32 Å². The van der Waals surface area contributed by atoms with Gasteiger partial charge in [0.25, 0.3) is 0 Å². The second kappa shape index (κ2) is 5.16. The van der Waals surface area contributed by atoms with Crippen molar-refractivity contribution in [2.45, 2.75) is 26.3 Å². The van der Waals surface area contributed by atoms with Gasteiger partial charge in [-0.3, -0.25) is 4.79 Å².